The van der Waals surface area contributed by atoms with Crippen LogP contribution in [0.15, 0.2) is 26.0 Å². The number of thioether (sulfide) groups is 1. The van der Waals surface area contributed by atoms with E-state index in [1.165, 1.54) is 29.3 Å². The van der Waals surface area contributed by atoms with Crippen molar-refractivity contribution in [2.24, 2.45) is 5.10 Å². The second kappa shape index (κ2) is 10.5. The summed E-state index contributed by atoms with van der Waals surface area (Å²) in [6.45, 7) is 6.30. The Morgan fingerprint density at radius 3 is 2.89 bits per heavy atom. The monoisotopic (exact) mass is 473 g/mol. The average Bonchev–Trinajstić information content (AvgIpc) is 3.01. The van der Waals surface area contributed by atoms with Crippen LogP contribution < -0.4 is 20.6 Å². The first kappa shape index (κ1) is 21.5. The minimum Gasteiger partial charge on any atom is -0.490 e. The first-order valence-corrected chi connectivity index (χ1v) is 10.6. The Labute approximate surface area is 174 Å². The summed E-state index contributed by atoms with van der Waals surface area (Å²) < 4.78 is 12.8. The van der Waals surface area contributed by atoms with Crippen molar-refractivity contribution in [3.8, 4) is 11.5 Å². The Morgan fingerprint density at radius 2 is 2.26 bits per heavy atom. The number of nitrogen functional groups attached to an aromatic ring is 1. The Balaban J connectivity index is 1.97. The van der Waals surface area contributed by atoms with Gasteiger partial charge in [-0.2, -0.15) is 5.10 Å². The van der Waals surface area contributed by atoms with Crippen molar-refractivity contribution in [3.63, 3.8) is 0 Å². The summed E-state index contributed by atoms with van der Waals surface area (Å²) in [5, 5.41) is 11.9. The lowest BCUT2D eigenvalue weighted by atomic mass is 10.2. The summed E-state index contributed by atoms with van der Waals surface area (Å²) in [7, 11) is 0. The van der Waals surface area contributed by atoms with Crippen LogP contribution >= 0.6 is 39.0 Å². The van der Waals surface area contributed by atoms with E-state index in [2.05, 4.69) is 36.7 Å². The Bertz CT molecular complexity index is 813. The average molecular weight is 474 g/mol. The van der Waals surface area contributed by atoms with Gasteiger partial charge in [0, 0.05) is 0 Å². The number of amides is 1. The van der Waals surface area contributed by atoms with E-state index in [-0.39, 0.29) is 17.8 Å². The predicted molar refractivity (Wildman–Crippen MR) is 112 cm³/mol. The minimum atomic E-state index is -0.256. The van der Waals surface area contributed by atoms with Gasteiger partial charge in [0.25, 0.3) is 5.91 Å². The molecule has 3 N–H and O–H groups in total. The van der Waals surface area contributed by atoms with Crippen LogP contribution in [0.1, 0.15) is 26.3 Å². The normalized spacial score (nSPS) is 11.1. The highest BCUT2D eigenvalue weighted by Gasteiger charge is 2.13. The number of carbonyl (C=O) groups excluding carboxylic acids is 1. The quantitative estimate of drug-likeness (QED) is 0.326. The van der Waals surface area contributed by atoms with Crippen molar-refractivity contribution in [1.82, 2.24) is 15.6 Å². The Kier molecular flexibility index (Phi) is 8.32. The molecule has 8 nitrogen and oxygen atoms in total. The molecule has 0 aliphatic heterocycles. The van der Waals surface area contributed by atoms with Crippen molar-refractivity contribution < 1.29 is 14.3 Å². The van der Waals surface area contributed by atoms with Crippen molar-refractivity contribution in [3.05, 3.63) is 22.2 Å². The molecule has 0 saturated carbocycles. The first-order valence-electron chi connectivity index (χ1n) is 8.05. The third kappa shape index (κ3) is 7.00. The molecule has 1 aromatic heterocycles. The van der Waals surface area contributed by atoms with Gasteiger partial charge >= 0.3 is 0 Å². The van der Waals surface area contributed by atoms with Crippen LogP contribution in [0, 0.1) is 0 Å². The number of benzene rings is 1. The third-order valence-electron chi connectivity index (χ3n) is 2.84. The molecule has 146 valence electrons. The number of aromatic nitrogens is 2. The van der Waals surface area contributed by atoms with E-state index in [4.69, 9.17) is 15.2 Å². The van der Waals surface area contributed by atoms with E-state index in [1.54, 1.807) is 6.07 Å². The lowest BCUT2D eigenvalue weighted by Gasteiger charge is -2.16. The van der Waals surface area contributed by atoms with Gasteiger partial charge in [0.2, 0.25) is 5.13 Å². The summed E-state index contributed by atoms with van der Waals surface area (Å²) in [5.74, 6) is 1.16. The predicted octanol–water partition coefficient (Wildman–Crippen LogP) is 3.31. The highest BCUT2D eigenvalue weighted by Crippen LogP contribution is 2.37. The van der Waals surface area contributed by atoms with Gasteiger partial charge < -0.3 is 15.2 Å². The van der Waals surface area contributed by atoms with Crippen LogP contribution in [0.5, 0.6) is 11.5 Å². The number of hydrogen-bond acceptors (Lipinski definition) is 9. The maximum atomic E-state index is 11.9. The van der Waals surface area contributed by atoms with Crippen molar-refractivity contribution >= 4 is 56.3 Å². The fourth-order valence-corrected chi connectivity index (χ4v) is 3.87. The minimum absolute atomic E-state index is 0.0141. The Morgan fingerprint density at radius 1 is 1.48 bits per heavy atom. The number of nitrogens with zero attached hydrogens (tertiary/aromatic N) is 3. The number of carbonyl (C=O) groups is 1. The molecule has 0 aliphatic carbocycles. The molecule has 11 heteroatoms. The summed E-state index contributed by atoms with van der Waals surface area (Å²) >= 11 is 5.97. The molecule has 0 spiro atoms. The molecule has 2 aromatic rings. The van der Waals surface area contributed by atoms with E-state index >= 15 is 0 Å². The molecule has 1 heterocycles. The van der Waals surface area contributed by atoms with Gasteiger partial charge in [-0.3, -0.25) is 4.79 Å². The number of anilines is 1. The topological polar surface area (TPSA) is 112 Å². The number of hydrazone groups is 1. The molecule has 1 aromatic carbocycles. The molecule has 0 atom stereocenters. The third-order valence-corrected chi connectivity index (χ3v) is 5.31. The van der Waals surface area contributed by atoms with Crippen LogP contribution in [0.25, 0.3) is 0 Å². The molecule has 0 aliphatic rings. The smallest absolute Gasteiger partial charge is 0.250 e. The maximum Gasteiger partial charge on any atom is 0.250 e. The van der Waals surface area contributed by atoms with E-state index in [0.29, 0.717) is 27.6 Å². The van der Waals surface area contributed by atoms with Crippen LogP contribution in [-0.2, 0) is 4.79 Å². The van der Waals surface area contributed by atoms with Gasteiger partial charge in [-0.05, 0) is 54.4 Å². The molecule has 27 heavy (non-hydrogen) atoms. The second-order valence-corrected chi connectivity index (χ2v) is 8.50. The summed E-state index contributed by atoms with van der Waals surface area (Å²) in [6.07, 6.45) is 1.55. The van der Waals surface area contributed by atoms with Crippen molar-refractivity contribution in [2.75, 3.05) is 18.1 Å². The van der Waals surface area contributed by atoms with E-state index in [0.717, 1.165) is 10.0 Å². The van der Waals surface area contributed by atoms with Gasteiger partial charge in [-0.15, -0.1) is 10.2 Å². The van der Waals surface area contributed by atoms with Crippen LogP contribution in [0.4, 0.5) is 5.13 Å². The van der Waals surface area contributed by atoms with Gasteiger partial charge in [-0.25, -0.2) is 5.43 Å². The standard InChI is InChI=1S/C16H20BrN5O3S2/c1-4-24-12-6-10(5-11(17)14(12)25-9(2)3)7-19-20-13(23)8-26-16-22-21-15(18)27-16/h5-7,9H,4,8H2,1-3H3,(H2,18,21)(H,20,23). The van der Waals surface area contributed by atoms with Gasteiger partial charge in [0.15, 0.2) is 15.8 Å². The number of nitrogens with one attached hydrogen (secondary N) is 1. The molecule has 0 fully saturated rings. The summed E-state index contributed by atoms with van der Waals surface area (Å²) in [4.78, 5) is 11.9. The largest absolute Gasteiger partial charge is 0.490 e. The highest BCUT2D eigenvalue weighted by atomic mass is 79.9. The van der Waals surface area contributed by atoms with Crippen LogP contribution in [0.3, 0.4) is 0 Å². The zero-order valence-corrected chi connectivity index (χ0v) is 18.3. The van der Waals surface area contributed by atoms with Crippen molar-refractivity contribution in [2.45, 2.75) is 31.2 Å². The molecule has 0 bridgehead atoms. The number of ether oxygens (including phenoxy) is 2. The number of halogens is 1. The highest BCUT2D eigenvalue weighted by molar-refractivity contribution is 9.10. The SMILES string of the molecule is CCOc1cc(C=NNC(=O)CSc2nnc(N)s2)cc(Br)c1OC(C)C. The van der Waals surface area contributed by atoms with Crippen LogP contribution in [-0.4, -0.2) is 40.8 Å². The molecule has 1 amide bonds. The Hall–Kier alpha value is -1.85. The number of hydrogen-bond donors (Lipinski definition) is 2. The zero-order chi connectivity index (χ0) is 19.8. The van der Waals surface area contributed by atoms with Gasteiger partial charge in [-0.1, -0.05) is 23.1 Å². The maximum absolute atomic E-state index is 11.9. The summed E-state index contributed by atoms with van der Waals surface area (Å²) in [5.41, 5.74) is 8.73. The second-order valence-electron chi connectivity index (χ2n) is 5.42. The van der Waals surface area contributed by atoms with Crippen molar-refractivity contribution in [1.29, 1.82) is 0 Å². The summed E-state index contributed by atoms with van der Waals surface area (Å²) in [6, 6.07) is 3.65. The number of rotatable bonds is 9. The molecule has 0 unspecified atom stereocenters. The number of nitrogens with two attached hydrogens (primary N) is 1. The molecular weight excluding hydrogens is 454 g/mol. The molecule has 0 saturated heterocycles. The fraction of sp³-hybridized carbons (Fsp3) is 0.375. The van der Waals surface area contributed by atoms with Gasteiger partial charge in [0.1, 0.15) is 0 Å². The molecule has 0 radical (unpaired) electrons. The first-order chi connectivity index (χ1) is 12.9. The van der Waals surface area contributed by atoms with E-state index in [9.17, 15) is 4.79 Å². The lowest BCUT2D eigenvalue weighted by Crippen LogP contribution is -2.19. The van der Waals surface area contributed by atoms with E-state index < -0.39 is 0 Å². The molecular formula is C16H20BrN5O3S2. The fourth-order valence-electron chi connectivity index (χ4n) is 1.89. The van der Waals surface area contributed by atoms with Gasteiger partial charge in [0.05, 0.1) is 29.2 Å². The zero-order valence-electron chi connectivity index (χ0n) is 15.1. The van der Waals surface area contributed by atoms with E-state index in [1.807, 2.05) is 26.8 Å². The molecule has 2 rings (SSSR count). The lowest BCUT2D eigenvalue weighted by molar-refractivity contribution is -0.118. The van der Waals surface area contributed by atoms with Crippen LogP contribution in [0.2, 0.25) is 0 Å².